The summed E-state index contributed by atoms with van der Waals surface area (Å²) >= 11 is 6.23. The Kier molecular flexibility index (Phi) is 3.97. The first-order valence-corrected chi connectivity index (χ1v) is 5.35. The van der Waals surface area contributed by atoms with Gasteiger partial charge in [-0.05, 0) is 40.3 Å². The summed E-state index contributed by atoms with van der Waals surface area (Å²) in [6, 6.07) is 1.20. The third-order valence-electron chi connectivity index (χ3n) is 1.78. The molecule has 0 saturated carbocycles. The molecule has 0 atom stereocenters. The minimum atomic E-state index is -4.79. The van der Waals surface area contributed by atoms with Gasteiger partial charge in [0.25, 0.3) is 10.9 Å². The van der Waals surface area contributed by atoms with E-state index in [1.807, 2.05) is 0 Å². The van der Waals surface area contributed by atoms with E-state index in [-0.39, 0.29) is 0 Å². The molecule has 1 aromatic carbocycles. The van der Waals surface area contributed by atoms with Crippen LogP contribution in [-0.2, 0) is 6.18 Å². The van der Waals surface area contributed by atoms with Crippen molar-refractivity contribution in [1.29, 1.82) is 0 Å². The molecule has 92 valence electrons. The molecule has 0 spiro atoms. The Morgan fingerprint density at radius 1 is 1.41 bits per heavy atom. The molecule has 17 heavy (non-hydrogen) atoms. The van der Waals surface area contributed by atoms with Crippen LogP contribution in [0, 0.1) is 13.7 Å². The van der Waals surface area contributed by atoms with Crippen molar-refractivity contribution in [3.05, 3.63) is 36.9 Å². The van der Waals surface area contributed by atoms with Crippen molar-refractivity contribution in [2.75, 3.05) is 0 Å². The molecular formula is C8H2ClF3INO3. The van der Waals surface area contributed by atoms with Crippen molar-refractivity contribution in [3.8, 4) is 0 Å². The van der Waals surface area contributed by atoms with Crippen LogP contribution in [0.1, 0.15) is 15.9 Å². The Morgan fingerprint density at radius 3 is 2.29 bits per heavy atom. The van der Waals surface area contributed by atoms with Gasteiger partial charge in [0.1, 0.15) is 3.57 Å². The maximum absolute atomic E-state index is 12.6. The molecule has 0 fully saturated rings. The lowest BCUT2D eigenvalue weighted by Gasteiger charge is -2.10. The molecule has 4 nitrogen and oxygen atoms in total. The van der Waals surface area contributed by atoms with E-state index in [1.165, 1.54) is 22.6 Å². The fraction of sp³-hybridized carbons (Fsp3) is 0.125. The first-order valence-electron chi connectivity index (χ1n) is 3.89. The molecule has 0 aromatic heterocycles. The maximum atomic E-state index is 12.6. The van der Waals surface area contributed by atoms with Crippen molar-refractivity contribution < 1.29 is 22.9 Å². The lowest BCUT2D eigenvalue weighted by molar-refractivity contribution is -0.386. The average Bonchev–Trinajstić information content (AvgIpc) is 2.15. The quantitative estimate of drug-likeness (QED) is 0.341. The summed E-state index contributed by atoms with van der Waals surface area (Å²) in [5, 5.41) is 9.37. The van der Waals surface area contributed by atoms with Gasteiger partial charge in [-0.2, -0.15) is 13.2 Å². The summed E-state index contributed by atoms with van der Waals surface area (Å²) < 4.78 is 37.1. The van der Waals surface area contributed by atoms with Crippen LogP contribution in [0.4, 0.5) is 18.9 Å². The molecule has 0 heterocycles. The number of benzene rings is 1. The highest BCUT2D eigenvalue weighted by atomic mass is 127. The zero-order valence-corrected chi connectivity index (χ0v) is 10.6. The summed E-state index contributed by atoms with van der Waals surface area (Å²) in [5.74, 6) is 0. The van der Waals surface area contributed by atoms with Gasteiger partial charge in [-0.1, -0.05) is 0 Å². The van der Waals surface area contributed by atoms with E-state index in [1.54, 1.807) is 0 Å². The molecule has 1 rings (SSSR count). The summed E-state index contributed by atoms with van der Waals surface area (Å²) in [6.07, 6.45) is -4.79. The Hall–Kier alpha value is -0.900. The van der Waals surface area contributed by atoms with Gasteiger partial charge in [0, 0.05) is 11.6 Å². The zero-order valence-electron chi connectivity index (χ0n) is 7.72. The number of halogens is 5. The number of hydrogen-bond donors (Lipinski definition) is 0. The maximum Gasteiger partial charge on any atom is 0.417 e. The highest BCUT2D eigenvalue weighted by Gasteiger charge is 2.37. The monoisotopic (exact) mass is 379 g/mol. The molecule has 0 radical (unpaired) electrons. The second-order valence-electron chi connectivity index (χ2n) is 2.89. The number of nitro groups is 1. The second kappa shape index (κ2) is 4.77. The second-order valence-corrected chi connectivity index (χ2v) is 4.31. The molecular weight excluding hydrogens is 377 g/mol. The van der Waals surface area contributed by atoms with Crippen LogP contribution in [0.15, 0.2) is 12.1 Å². The minimum absolute atomic E-state index is 0.490. The standard InChI is InChI=1S/C8H2ClF3INO3/c9-7(15)3-1-4(8(10,11)12)6(13)5(2-3)14(16)17/h1-2H. The number of rotatable bonds is 2. The number of carbonyl (C=O) groups is 1. The van der Waals surface area contributed by atoms with Crippen LogP contribution < -0.4 is 0 Å². The van der Waals surface area contributed by atoms with Crippen LogP contribution in [0.5, 0.6) is 0 Å². The Bertz CT molecular complexity index is 504. The van der Waals surface area contributed by atoms with Crippen molar-refractivity contribution in [1.82, 2.24) is 0 Å². The number of nitro benzene ring substituents is 1. The predicted molar refractivity (Wildman–Crippen MR) is 61.0 cm³/mol. The van der Waals surface area contributed by atoms with Crippen molar-refractivity contribution in [2.45, 2.75) is 6.18 Å². The lowest BCUT2D eigenvalue weighted by atomic mass is 10.1. The molecule has 9 heteroatoms. The normalized spacial score (nSPS) is 11.4. The Morgan fingerprint density at radius 2 is 1.94 bits per heavy atom. The SMILES string of the molecule is O=C(Cl)c1cc([N+](=O)[O-])c(I)c(C(F)(F)F)c1. The highest BCUT2D eigenvalue weighted by Crippen LogP contribution is 2.37. The number of nitrogens with zero attached hydrogens (tertiary/aromatic N) is 1. The molecule has 0 saturated heterocycles. The Balaban J connectivity index is 3.60. The number of alkyl halides is 3. The number of hydrogen-bond acceptors (Lipinski definition) is 3. The molecule has 0 amide bonds. The van der Waals surface area contributed by atoms with Gasteiger partial charge >= 0.3 is 6.18 Å². The zero-order chi connectivity index (χ0) is 13.4. The topological polar surface area (TPSA) is 60.2 Å². The van der Waals surface area contributed by atoms with Gasteiger partial charge in [-0.3, -0.25) is 14.9 Å². The first-order chi connectivity index (χ1) is 7.64. The summed E-state index contributed by atoms with van der Waals surface area (Å²) in [5.41, 5.74) is -2.62. The third kappa shape index (κ3) is 3.06. The summed E-state index contributed by atoms with van der Waals surface area (Å²) in [7, 11) is 0. The van der Waals surface area contributed by atoms with Crippen LogP contribution >= 0.6 is 34.2 Å². The largest absolute Gasteiger partial charge is 0.417 e. The van der Waals surface area contributed by atoms with Gasteiger partial charge in [0.15, 0.2) is 0 Å². The van der Waals surface area contributed by atoms with E-state index in [0.29, 0.717) is 12.1 Å². The van der Waals surface area contributed by atoms with Crippen molar-refractivity contribution in [2.24, 2.45) is 0 Å². The van der Waals surface area contributed by atoms with Gasteiger partial charge in [-0.25, -0.2) is 0 Å². The smallest absolute Gasteiger partial charge is 0.276 e. The van der Waals surface area contributed by atoms with Crippen molar-refractivity contribution in [3.63, 3.8) is 0 Å². The van der Waals surface area contributed by atoms with Crippen molar-refractivity contribution >= 4 is 45.1 Å². The molecule has 0 aliphatic rings. The van der Waals surface area contributed by atoms with Crippen LogP contribution in [0.2, 0.25) is 0 Å². The van der Waals surface area contributed by atoms with E-state index in [9.17, 15) is 28.1 Å². The highest BCUT2D eigenvalue weighted by molar-refractivity contribution is 14.1. The van der Waals surface area contributed by atoms with E-state index in [2.05, 4.69) is 0 Å². The fourth-order valence-electron chi connectivity index (χ4n) is 1.06. The van der Waals surface area contributed by atoms with E-state index in [4.69, 9.17) is 11.6 Å². The molecule has 0 aliphatic carbocycles. The minimum Gasteiger partial charge on any atom is -0.276 e. The number of carbonyl (C=O) groups excluding carboxylic acids is 1. The first kappa shape index (κ1) is 14.2. The molecule has 0 aliphatic heterocycles. The lowest BCUT2D eigenvalue weighted by Crippen LogP contribution is -2.11. The van der Waals surface area contributed by atoms with Crippen LogP contribution in [-0.4, -0.2) is 10.2 Å². The Labute approximate surface area is 111 Å². The van der Waals surface area contributed by atoms with E-state index in [0.717, 1.165) is 0 Å². The third-order valence-corrected chi connectivity index (χ3v) is 3.13. The predicted octanol–water partition coefficient (Wildman–Crippen LogP) is 3.60. The van der Waals surface area contributed by atoms with E-state index < -0.39 is 36.7 Å². The van der Waals surface area contributed by atoms with E-state index >= 15 is 0 Å². The van der Waals surface area contributed by atoms with Gasteiger partial charge < -0.3 is 0 Å². The average molecular weight is 379 g/mol. The van der Waals surface area contributed by atoms with Gasteiger partial charge in [-0.15, -0.1) is 0 Å². The van der Waals surface area contributed by atoms with Gasteiger partial charge in [0.2, 0.25) is 0 Å². The van der Waals surface area contributed by atoms with Crippen LogP contribution in [0.25, 0.3) is 0 Å². The molecule has 0 bridgehead atoms. The molecule has 1 aromatic rings. The molecule has 0 N–H and O–H groups in total. The fourth-order valence-corrected chi connectivity index (χ4v) is 1.99. The summed E-state index contributed by atoms with van der Waals surface area (Å²) in [4.78, 5) is 20.3. The van der Waals surface area contributed by atoms with Gasteiger partial charge in [0.05, 0.1) is 10.5 Å². The van der Waals surface area contributed by atoms with Crippen LogP contribution in [0.3, 0.4) is 0 Å². The molecule has 0 unspecified atom stereocenters. The summed E-state index contributed by atoms with van der Waals surface area (Å²) in [6.45, 7) is 0.